The molecule has 2 unspecified atom stereocenters. The molecular weight excluding hydrogens is 233 g/mol. The number of nitrogens with zero attached hydrogens (tertiary/aromatic N) is 1. The Hall–Kier alpha value is -1.42. The van der Waals surface area contributed by atoms with Crippen molar-refractivity contribution in [2.75, 3.05) is 6.54 Å². The van der Waals surface area contributed by atoms with E-state index in [0.717, 1.165) is 17.7 Å². The lowest BCUT2D eigenvalue weighted by Crippen LogP contribution is -2.32. The monoisotopic (exact) mass is 251 g/mol. The van der Waals surface area contributed by atoms with Crippen LogP contribution in [0.1, 0.15) is 24.5 Å². The van der Waals surface area contributed by atoms with Crippen LogP contribution in [0.5, 0.6) is 0 Å². The number of carboxylic acids is 1. The molecule has 1 aliphatic rings. The van der Waals surface area contributed by atoms with E-state index in [2.05, 4.69) is 4.90 Å². The Labute approximate surface area is 106 Å². The van der Waals surface area contributed by atoms with E-state index in [1.54, 1.807) is 6.07 Å². The molecule has 0 bridgehead atoms. The topological polar surface area (TPSA) is 40.5 Å². The van der Waals surface area contributed by atoms with E-state index >= 15 is 0 Å². The number of likely N-dealkylation sites (tertiary alicyclic amines) is 1. The Kier molecular flexibility index (Phi) is 3.66. The molecule has 2 atom stereocenters. The molecule has 1 aliphatic heterocycles. The smallest absolute Gasteiger partial charge is 0.308 e. The van der Waals surface area contributed by atoms with Crippen LogP contribution in [-0.2, 0) is 11.3 Å². The summed E-state index contributed by atoms with van der Waals surface area (Å²) in [5, 5.41) is 9.08. The van der Waals surface area contributed by atoms with Gasteiger partial charge in [-0.15, -0.1) is 0 Å². The van der Waals surface area contributed by atoms with E-state index in [-0.39, 0.29) is 17.8 Å². The van der Waals surface area contributed by atoms with Gasteiger partial charge in [0.05, 0.1) is 5.92 Å². The lowest BCUT2D eigenvalue weighted by atomic mass is 10.0. The van der Waals surface area contributed by atoms with E-state index < -0.39 is 5.97 Å². The molecule has 0 aliphatic carbocycles. The molecule has 0 aromatic heterocycles. The number of rotatable bonds is 3. The van der Waals surface area contributed by atoms with Gasteiger partial charge in [-0.3, -0.25) is 9.69 Å². The molecular formula is C14H18FNO2. The second-order valence-electron chi connectivity index (χ2n) is 5.02. The third kappa shape index (κ3) is 2.53. The summed E-state index contributed by atoms with van der Waals surface area (Å²) in [6, 6.07) is 4.76. The van der Waals surface area contributed by atoms with Gasteiger partial charge in [0.25, 0.3) is 0 Å². The van der Waals surface area contributed by atoms with Gasteiger partial charge < -0.3 is 5.11 Å². The first-order chi connectivity index (χ1) is 8.49. The minimum atomic E-state index is -0.735. The number of carboxylic acid groups (broad SMARTS) is 1. The fourth-order valence-electron chi connectivity index (χ4n) is 2.59. The summed E-state index contributed by atoms with van der Waals surface area (Å²) in [6.07, 6.45) is 0.671. The predicted octanol–water partition coefficient (Wildman–Crippen LogP) is 2.43. The molecule has 1 saturated heterocycles. The normalized spacial score (nSPS) is 24.4. The van der Waals surface area contributed by atoms with Crippen LogP contribution in [0.3, 0.4) is 0 Å². The molecule has 0 amide bonds. The van der Waals surface area contributed by atoms with E-state index in [1.165, 1.54) is 12.1 Å². The Morgan fingerprint density at radius 3 is 2.89 bits per heavy atom. The van der Waals surface area contributed by atoms with Crippen LogP contribution >= 0.6 is 0 Å². The SMILES string of the molecule is Cc1ccc(F)cc1CN1CCC(C(=O)O)C1C. The van der Waals surface area contributed by atoms with Gasteiger partial charge in [-0.25, -0.2) is 4.39 Å². The summed E-state index contributed by atoms with van der Waals surface area (Å²) in [6.45, 7) is 5.26. The highest BCUT2D eigenvalue weighted by molar-refractivity contribution is 5.71. The van der Waals surface area contributed by atoms with Gasteiger partial charge in [-0.1, -0.05) is 6.07 Å². The van der Waals surface area contributed by atoms with Gasteiger partial charge in [-0.2, -0.15) is 0 Å². The summed E-state index contributed by atoms with van der Waals surface area (Å²) in [5.41, 5.74) is 1.98. The molecule has 1 N–H and O–H groups in total. The molecule has 2 rings (SSSR count). The van der Waals surface area contributed by atoms with Crippen molar-refractivity contribution < 1.29 is 14.3 Å². The lowest BCUT2D eigenvalue weighted by Gasteiger charge is -2.23. The minimum Gasteiger partial charge on any atom is -0.481 e. The van der Waals surface area contributed by atoms with E-state index in [0.29, 0.717) is 13.0 Å². The zero-order valence-corrected chi connectivity index (χ0v) is 10.7. The van der Waals surface area contributed by atoms with Crippen molar-refractivity contribution in [3.05, 3.63) is 35.1 Å². The molecule has 0 radical (unpaired) electrons. The number of halogens is 1. The van der Waals surface area contributed by atoms with Gasteiger partial charge in [0.1, 0.15) is 5.82 Å². The van der Waals surface area contributed by atoms with Crippen molar-refractivity contribution in [1.82, 2.24) is 4.90 Å². The van der Waals surface area contributed by atoms with Crippen molar-refractivity contribution in [1.29, 1.82) is 0 Å². The van der Waals surface area contributed by atoms with Crippen molar-refractivity contribution in [3.8, 4) is 0 Å². The molecule has 4 heteroatoms. The number of hydrogen-bond acceptors (Lipinski definition) is 2. The second-order valence-corrected chi connectivity index (χ2v) is 5.02. The summed E-state index contributed by atoms with van der Waals surface area (Å²) >= 11 is 0. The molecule has 98 valence electrons. The lowest BCUT2D eigenvalue weighted by molar-refractivity contribution is -0.142. The second kappa shape index (κ2) is 5.06. The maximum absolute atomic E-state index is 13.2. The highest BCUT2D eigenvalue weighted by Crippen LogP contribution is 2.26. The van der Waals surface area contributed by atoms with Gasteiger partial charge in [0.15, 0.2) is 0 Å². The highest BCUT2D eigenvalue weighted by atomic mass is 19.1. The van der Waals surface area contributed by atoms with Crippen LogP contribution in [0.4, 0.5) is 4.39 Å². The maximum Gasteiger partial charge on any atom is 0.308 e. The highest BCUT2D eigenvalue weighted by Gasteiger charge is 2.35. The molecule has 0 saturated carbocycles. The fourth-order valence-corrected chi connectivity index (χ4v) is 2.59. The summed E-state index contributed by atoms with van der Waals surface area (Å²) in [7, 11) is 0. The first-order valence-corrected chi connectivity index (χ1v) is 6.21. The standard InChI is InChI=1S/C14H18FNO2/c1-9-3-4-12(15)7-11(9)8-16-6-5-13(10(16)2)14(17)18/h3-4,7,10,13H,5-6,8H2,1-2H3,(H,17,18). The summed E-state index contributed by atoms with van der Waals surface area (Å²) in [4.78, 5) is 13.2. The van der Waals surface area contributed by atoms with Crippen LogP contribution in [0.15, 0.2) is 18.2 Å². The van der Waals surface area contributed by atoms with Gasteiger partial charge in [0.2, 0.25) is 0 Å². The van der Waals surface area contributed by atoms with E-state index in [9.17, 15) is 9.18 Å². The van der Waals surface area contributed by atoms with Crippen molar-refractivity contribution in [2.24, 2.45) is 5.92 Å². The van der Waals surface area contributed by atoms with E-state index in [4.69, 9.17) is 5.11 Å². The number of aryl methyl sites for hydroxylation is 1. The molecule has 3 nitrogen and oxygen atoms in total. The number of carbonyl (C=O) groups is 1. The zero-order valence-electron chi connectivity index (χ0n) is 10.7. The van der Waals surface area contributed by atoms with Gasteiger partial charge >= 0.3 is 5.97 Å². The minimum absolute atomic E-state index is 0.00478. The van der Waals surface area contributed by atoms with Crippen LogP contribution < -0.4 is 0 Å². The largest absolute Gasteiger partial charge is 0.481 e. The Bertz CT molecular complexity index is 461. The average Bonchev–Trinajstić information content (AvgIpc) is 2.66. The van der Waals surface area contributed by atoms with Crippen LogP contribution in [0.2, 0.25) is 0 Å². The molecule has 1 fully saturated rings. The van der Waals surface area contributed by atoms with Crippen LogP contribution in [0.25, 0.3) is 0 Å². The van der Waals surface area contributed by atoms with Gasteiger partial charge in [-0.05, 0) is 50.1 Å². The fraction of sp³-hybridized carbons (Fsp3) is 0.500. The number of aliphatic carboxylic acids is 1. The quantitative estimate of drug-likeness (QED) is 0.897. The third-order valence-corrected chi connectivity index (χ3v) is 3.89. The van der Waals surface area contributed by atoms with Crippen molar-refractivity contribution in [2.45, 2.75) is 32.9 Å². The first kappa shape index (κ1) is 13.0. The van der Waals surface area contributed by atoms with Crippen molar-refractivity contribution in [3.63, 3.8) is 0 Å². The predicted molar refractivity (Wildman–Crippen MR) is 66.8 cm³/mol. The molecule has 0 spiro atoms. The number of benzene rings is 1. The molecule has 1 aromatic carbocycles. The summed E-state index contributed by atoms with van der Waals surface area (Å²) < 4.78 is 13.2. The van der Waals surface area contributed by atoms with Crippen molar-refractivity contribution >= 4 is 5.97 Å². The number of hydrogen-bond donors (Lipinski definition) is 1. The molecule has 1 aromatic rings. The first-order valence-electron chi connectivity index (χ1n) is 6.21. The van der Waals surface area contributed by atoms with E-state index in [1.807, 2.05) is 13.8 Å². The molecule has 1 heterocycles. The van der Waals surface area contributed by atoms with Crippen LogP contribution in [-0.4, -0.2) is 28.6 Å². The molecule has 18 heavy (non-hydrogen) atoms. The Balaban J connectivity index is 2.11. The Morgan fingerprint density at radius 1 is 1.56 bits per heavy atom. The zero-order chi connectivity index (χ0) is 13.3. The summed E-state index contributed by atoms with van der Waals surface area (Å²) in [5.74, 6) is -1.28. The third-order valence-electron chi connectivity index (χ3n) is 3.89. The maximum atomic E-state index is 13.2. The Morgan fingerprint density at radius 2 is 2.28 bits per heavy atom. The van der Waals surface area contributed by atoms with Crippen LogP contribution in [0, 0.1) is 18.7 Å². The van der Waals surface area contributed by atoms with Gasteiger partial charge in [0, 0.05) is 12.6 Å². The average molecular weight is 251 g/mol.